The van der Waals surface area contributed by atoms with Gasteiger partial charge in [0.15, 0.2) is 0 Å². The van der Waals surface area contributed by atoms with Crippen LogP contribution in [0.1, 0.15) is 25.7 Å². The van der Waals surface area contributed by atoms with Crippen molar-refractivity contribution < 1.29 is 26.1 Å². The van der Waals surface area contributed by atoms with Crippen LogP contribution >= 0.6 is 10.7 Å². The SMILES string of the molecule is CS(=O)(=O)Cl.[C-]#[N+]C1CC(O)C1.[C-]#[N+]C1CC(OS(C)(=O)=O)C1. The van der Waals surface area contributed by atoms with Gasteiger partial charge in [0.2, 0.25) is 21.1 Å². The van der Waals surface area contributed by atoms with Crippen molar-refractivity contribution in [3.63, 3.8) is 0 Å². The zero-order valence-electron chi connectivity index (χ0n) is 12.7. The van der Waals surface area contributed by atoms with Crippen LogP contribution in [0, 0.1) is 13.1 Å². The van der Waals surface area contributed by atoms with Gasteiger partial charge in [0, 0.05) is 23.5 Å². The topological polar surface area (TPSA) is 106 Å². The number of aliphatic hydroxyl groups excluding tert-OH is 1. The van der Waals surface area contributed by atoms with Crippen LogP contribution in [-0.4, -0.2) is 58.7 Å². The van der Waals surface area contributed by atoms with Crippen molar-refractivity contribution in [3.8, 4) is 0 Å². The minimum atomic E-state index is -3.32. The van der Waals surface area contributed by atoms with Gasteiger partial charge >= 0.3 is 0 Å². The van der Waals surface area contributed by atoms with Crippen LogP contribution < -0.4 is 0 Å². The Morgan fingerprint density at radius 3 is 1.57 bits per heavy atom. The van der Waals surface area contributed by atoms with E-state index in [9.17, 15) is 16.8 Å². The van der Waals surface area contributed by atoms with Crippen molar-refractivity contribution in [1.82, 2.24) is 0 Å². The molecule has 2 saturated carbocycles. The third-order valence-corrected chi connectivity index (χ3v) is 3.46. The molecule has 0 amide bonds. The molecule has 0 unspecified atom stereocenters. The molecule has 2 aliphatic rings. The molecule has 2 aliphatic carbocycles. The fourth-order valence-electron chi connectivity index (χ4n) is 1.63. The third-order valence-electron chi connectivity index (χ3n) is 2.83. The van der Waals surface area contributed by atoms with Crippen LogP contribution in [0.2, 0.25) is 0 Å². The first kappa shape index (κ1) is 22.1. The van der Waals surface area contributed by atoms with Crippen molar-refractivity contribution in [2.24, 2.45) is 0 Å². The second-order valence-corrected chi connectivity index (χ2v) is 9.91. The molecule has 1 N–H and O–H groups in total. The van der Waals surface area contributed by atoms with E-state index >= 15 is 0 Å². The van der Waals surface area contributed by atoms with Gasteiger partial charge in [0.25, 0.3) is 10.1 Å². The summed E-state index contributed by atoms with van der Waals surface area (Å²) < 4.78 is 44.5. The fourth-order valence-corrected chi connectivity index (χ4v) is 2.29. The van der Waals surface area contributed by atoms with E-state index in [4.69, 9.17) is 18.3 Å². The zero-order valence-corrected chi connectivity index (χ0v) is 15.1. The van der Waals surface area contributed by atoms with E-state index in [1.54, 1.807) is 0 Å². The maximum Gasteiger partial charge on any atom is 0.264 e. The summed E-state index contributed by atoms with van der Waals surface area (Å²) in [6.07, 6.45) is 4.04. The maximum absolute atomic E-state index is 10.5. The van der Waals surface area contributed by atoms with Crippen molar-refractivity contribution in [3.05, 3.63) is 22.8 Å². The predicted octanol–water partition coefficient (Wildman–Crippen LogP) is 1.03. The first-order chi connectivity index (χ1) is 10.3. The van der Waals surface area contributed by atoms with Gasteiger partial charge in [-0.25, -0.2) is 21.6 Å². The molecule has 2 rings (SSSR count). The van der Waals surface area contributed by atoms with Gasteiger partial charge < -0.3 is 14.8 Å². The number of halogens is 1. The lowest BCUT2D eigenvalue weighted by Crippen LogP contribution is -2.34. The van der Waals surface area contributed by atoms with E-state index < -0.39 is 19.2 Å². The molecule has 2 fully saturated rings. The average Bonchev–Trinajstić information content (AvgIpc) is 2.26. The quantitative estimate of drug-likeness (QED) is 0.431. The van der Waals surface area contributed by atoms with Crippen molar-refractivity contribution >= 4 is 29.9 Å². The molecular weight excluding hydrogens is 368 g/mol. The molecule has 0 spiro atoms. The molecule has 23 heavy (non-hydrogen) atoms. The predicted molar refractivity (Wildman–Crippen MR) is 85.7 cm³/mol. The molecule has 8 nitrogen and oxygen atoms in total. The summed E-state index contributed by atoms with van der Waals surface area (Å²) in [7, 11) is -2.01. The number of rotatable bonds is 2. The second-order valence-electron chi connectivity index (χ2n) is 5.27. The maximum atomic E-state index is 10.5. The van der Waals surface area contributed by atoms with Gasteiger partial charge in [0.1, 0.15) is 0 Å². The van der Waals surface area contributed by atoms with Gasteiger partial charge in [-0.05, 0) is 0 Å². The summed E-state index contributed by atoms with van der Waals surface area (Å²) in [4.78, 5) is 6.48. The van der Waals surface area contributed by atoms with Crippen LogP contribution in [-0.2, 0) is 23.4 Å². The van der Waals surface area contributed by atoms with E-state index in [2.05, 4.69) is 24.6 Å². The van der Waals surface area contributed by atoms with Crippen LogP contribution in [0.25, 0.3) is 9.69 Å². The summed E-state index contributed by atoms with van der Waals surface area (Å²) in [5.41, 5.74) is 0. The van der Waals surface area contributed by atoms with E-state index in [0.717, 1.165) is 12.5 Å². The summed E-state index contributed by atoms with van der Waals surface area (Å²) in [6.45, 7) is 13.1. The lowest BCUT2D eigenvalue weighted by Gasteiger charge is -2.25. The standard InChI is InChI=1S/C6H9NO3S.C5H7NO.CH3ClO2S/c1-7-5-3-6(4-5)10-11(2,8)9;1-6-4-2-5(7)3-4;1-5(2,3)4/h5-6H,3-4H2,2H3;4-5,7H,2-3H2;1H3. The molecule has 0 aromatic heterocycles. The average molecular weight is 387 g/mol. The van der Waals surface area contributed by atoms with E-state index in [0.29, 0.717) is 25.7 Å². The Balaban J connectivity index is 0.000000347. The summed E-state index contributed by atoms with van der Waals surface area (Å²) >= 11 is 0. The van der Waals surface area contributed by atoms with Gasteiger partial charge in [-0.15, -0.1) is 0 Å². The third kappa shape index (κ3) is 13.2. The minimum absolute atomic E-state index is 0.0262. The van der Waals surface area contributed by atoms with Gasteiger partial charge in [0.05, 0.1) is 37.6 Å². The first-order valence-corrected chi connectivity index (χ1v) is 11.1. The summed E-state index contributed by atoms with van der Waals surface area (Å²) in [5, 5.41) is 8.61. The lowest BCUT2D eigenvalue weighted by molar-refractivity contribution is 0.0886. The van der Waals surface area contributed by atoms with Crippen LogP contribution in [0.15, 0.2) is 0 Å². The Morgan fingerprint density at radius 1 is 1.00 bits per heavy atom. The van der Waals surface area contributed by atoms with E-state index in [1.807, 2.05) is 0 Å². The second kappa shape index (κ2) is 9.40. The summed E-state index contributed by atoms with van der Waals surface area (Å²) in [6, 6.07) is 0.108. The van der Waals surface area contributed by atoms with Crippen molar-refractivity contribution in [1.29, 1.82) is 0 Å². The monoisotopic (exact) mass is 386 g/mol. The lowest BCUT2D eigenvalue weighted by atomic mass is 9.90. The van der Waals surface area contributed by atoms with Gasteiger partial charge in [-0.1, -0.05) is 0 Å². The molecule has 0 heterocycles. The molecule has 0 aromatic carbocycles. The first-order valence-electron chi connectivity index (χ1n) is 6.53. The highest BCUT2D eigenvalue weighted by Gasteiger charge is 2.37. The Hall–Kier alpha value is -0.910. The van der Waals surface area contributed by atoms with Crippen molar-refractivity contribution in [2.75, 3.05) is 12.5 Å². The Labute approximate surface area is 141 Å². The largest absolute Gasteiger partial charge is 0.393 e. The molecule has 0 saturated heterocycles. The number of nitrogens with zero attached hydrogens (tertiary/aromatic N) is 2. The van der Waals surface area contributed by atoms with E-state index in [1.165, 1.54) is 0 Å². The molecule has 0 aliphatic heterocycles. The Morgan fingerprint density at radius 2 is 1.35 bits per heavy atom. The summed E-state index contributed by atoms with van der Waals surface area (Å²) in [5.74, 6) is 0. The molecule has 0 radical (unpaired) electrons. The highest BCUT2D eigenvalue weighted by molar-refractivity contribution is 8.13. The highest BCUT2D eigenvalue weighted by Crippen LogP contribution is 2.27. The van der Waals surface area contributed by atoms with Crippen LogP contribution in [0.5, 0.6) is 0 Å². The molecular formula is C12H19ClN2O6S2. The highest BCUT2D eigenvalue weighted by atomic mass is 35.7. The fraction of sp³-hybridized carbons (Fsp3) is 0.833. The Bertz CT molecular complexity index is 645. The normalized spacial score (nSPS) is 29.0. The molecule has 0 atom stereocenters. The van der Waals surface area contributed by atoms with Gasteiger partial charge in [-0.2, -0.15) is 8.42 Å². The molecule has 0 aromatic rings. The van der Waals surface area contributed by atoms with Crippen LogP contribution in [0.3, 0.4) is 0 Å². The number of aliphatic hydroxyl groups is 1. The van der Waals surface area contributed by atoms with Crippen molar-refractivity contribution in [2.45, 2.75) is 50.0 Å². The molecule has 0 bridgehead atoms. The Kier molecular flexibility index (Phi) is 9.03. The van der Waals surface area contributed by atoms with E-state index in [-0.39, 0.29) is 24.3 Å². The zero-order chi connectivity index (χ0) is 18.3. The van der Waals surface area contributed by atoms with Crippen LogP contribution in [0.4, 0.5) is 0 Å². The number of hydrogen-bond acceptors (Lipinski definition) is 6. The van der Waals surface area contributed by atoms with Gasteiger partial charge in [-0.3, -0.25) is 4.18 Å². The number of hydrogen-bond donors (Lipinski definition) is 1. The minimum Gasteiger partial charge on any atom is -0.393 e. The molecule has 11 heteroatoms. The molecule has 132 valence electrons. The smallest absolute Gasteiger partial charge is 0.264 e.